The van der Waals surface area contributed by atoms with Gasteiger partial charge >= 0.3 is 0 Å². The summed E-state index contributed by atoms with van der Waals surface area (Å²) in [5.74, 6) is 2.07. The highest BCUT2D eigenvalue weighted by atomic mass is 16.5. The molecule has 1 aliphatic heterocycles. The van der Waals surface area contributed by atoms with E-state index in [1.165, 1.54) is 0 Å². The minimum absolute atomic E-state index is 0.0101. The Kier molecular flexibility index (Phi) is 8.44. The summed E-state index contributed by atoms with van der Waals surface area (Å²) < 4.78 is 16.9. The number of carbonyl (C=O) groups is 2. The molecular weight excluding hydrogens is 456 g/mol. The molecule has 0 fully saturated rings. The highest BCUT2D eigenvalue weighted by Crippen LogP contribution is 2.35. The molecule has 188 valence electrons. The summed E-state index contributed by atoms with van der Waals surface area (Å²) in [5, 5.41) is 2.93. The van der Waals surface area contributed by atoms with Gasteiger partial charge in [-0.3, -0.25) is 9.59 Å². The molecule has 0 atom stereocenters. The van der Waals surface area contributed by atoms with Crippen LogP contribution in [0.3, 0.4) is 0 Å². The predicted molar refractivity (Wildman–Crippen MR) is 140 cm³/mol. The first kappa shape index (κ1) is 25.1. The van der Waals surface area contributed by atoms with Gasteiger partial charge in [0.1, 0.15) is 17.2 Å². The molecule has 0 aromatic heterocycles. The first-order valence-electron chi connectivity index (χ1n) is 12.3. The summed E-state index contributed by atoms with van der Waals surface area (Å²) in [6.07, 6.45) is 1.84. The summed E-state index contributed by atoms with van der Waals surface area (Å²) in [6, 6.07) is 20.8. The fourth-order valence-corrected chi connectivity index (χ4v) is 4.06. The van der Waals surface area contributed by atoms with Crippen LogP contribution in [0.5, 0.6) is 17.2 Å². The average molecular weight is 489 g/mol. The fourth-order valence-electron chi connectivity index (χ4n) is 4.06. The topological polar surface area (TPSA) is 77.1 Å². The van der Waals surface area contributed by atoms with Crippen molar-refractivity contribution >= 4 is 23.2 Å². The Hall–Kier alpha value is -4.00. The van der Waals surface area contributed by atoms with E-state index in [1.54, 1.807) is 23.1 Å². The first-order chi connectivity index (χ1) is 17.5. The van der Waals surface area contributed by atoms with E-state index in [0.717, 1.165) is 35.5 Å². The maximum absolute atomic E-state index is 12.6. The van der Waals surface area contributed by atoms with Gasteiger partial charge < -0.3 is 24.4 Å². The van der Waals surface area contributed by atoms with Crippen LogP contribution in [0.4, 0.5) is 11.4 Å². The lowest BCUT2D eigenvalue weighted by atomic mass is 10.1. The predicted octanol–water partition coefficient (Wildman–Crippen LogP) is 5.16. The minimum Gasteiger partial charge on any atom is -0.494 e. The van der Waals surface area contributed by atoms with Crippen LogP contribution < -0.4 is 24.4 Å². The number of rotatable bonds is 11. The molecule has 1 heterocycles. The van der Waals surface area contributed by atoms with Gasteiger partial charge in [0.15, 0.2) is 6.61 Å². The number of aryl methyl sites for hydroxylation is 1. The van der Waals surface area contributed by atoms with E-state index in [2.05, 4.69) is 5.32 Å². The molecule has 1 N–H and O–H groups in total. The second-order valence-electron chi connectivity index (χ2n) is 8.64. The van der Waals surface area contributed by atoms with Gasteiger partial charge in [0.2, 0.25) is 5.91 Å². The molecule has 2 amide bonds. The van der Waals surface area contributed by atoms with Crippen molar-refractivity contribution in [2.45, 2.75) is 33.1 Å². The van der Waals surface area contributed by atoms with Gasteiger partial charge in [-0.25, -0.2) is 0 Å². The molecule has 36 heavy (non-hydrogen) atoms. The maximum atomic E-state index is 12.6. The Labute approximate surface area is 212 Å². The zero-order valence-electron chi connectivity index (χ0n) is 20.8. The number of nitrogens with one attached hydrogen (secondary N) is 1. The quantitative estimate of drug-likeness (QED) is 0.377. The second kappa shape index (κ2) is 12.1. The number of fused-ring (bicyclic) bond motifs is 1. The molecule has 3 aromatic rings. The zero-order chi connectivity index (χ0) is 25.3. The monoisotopic (exact) mass is 488 g/mol. The van der Waals surface area contributed by atoms with Gasteiger partial charge in [0.05, 0.1) is 25.3 Å². The van der Waals surface area contributed by atoms with Crippen molar-refractivity contribution in [3.8, 4) is 17.2 Å². The SMILES string of the molecule is CCOc1ccc(CC(=O)Nc2ccc3c(c2)N(CCCCOc2ccccc2C)C(=O)CO3)cc1. The molecule has 7 heteroatoms. The van der Waals surface area contributed by atoms with Gasteiger partial charge in [-0.2, -0.15) is 0 Å². The third-order valence-corrected chi connectivity index (χ3v) is 5.91. The molecule has 0 spiro atoms. The highest BCUT2D eigenvalue weighted by Gasteiger charge is 2.25. The van der Waals surface area contributed by atoms with Crippen LogP contribution in [-0.4, -0.2) is 38.2 Å². The van der Waals surface area contributed by atoms with Gasteiger partial charge in [-0.05, 0) is 74.2 Å². The van der Waals surface area contributed by atoms with E-state index in [0.29, 0.717) is 36.9 Å². The molecule has 0 saturated carbocycles. The summed E-state index contributed by atoms with van der Waals surface area (Å²) in [4.78, 5) is 27.0. The standard InChI is InChI=1S/C29H32N2O5/c1-3-34-24-13-10-22(11-14-24)18-28(32)30-23-12-15-27-25(19-23)31(29(33)20-36-27)16-6-7-17-35-26-9-5-4-8-21(26)2/h4-5,8-15,19H,3,6-7,16-18,20H2,1-2H3,(H,30,32). The van der Waals surface area contributed by atoms with Crippen LogP contribution in [0.15, 0.2) is 66.7 Å². The molecule has 0 radical (unpaired) electrons. The smallest absolute Gasteiger partial charge is 0.265 e. The van der Waals surface area contributed by atoms with Crippen LogP contribution in [0.2, 0.25) is 0 Å². The van der Waals surface area contributed by atoms with Crippen LogP contribution in [0, 0.1) is 6.92 Å². The third kappa shape index (κ3) is 6.56. The first-order valence-corrected chi connectivity index (χ1v) is 12.3. The van der Waals surface area contributed by atoms with E-state index in [-0.39, 0.29) is 24.8 Å². The normalized spacial score (nSPS) is 12.5. The average Bonchev–Trinajstić information content (AvgIpc) is 2.87. The van der Waals surface area contributed by atoms with E-state index >= 15 is 0 Å². The Morgan fingerprint density at radius 2 is 1.83 bits per heavy atom. The van der Waals surface area contributed by atoms with Gasteiger partial charge in [0, 0.05) is 12.2 Å². The van der Waals surface area contributed by atoms with E-state index in [9.17, 15) is 9.59 Å². The Morgan fingerprint density at radius 1 is 1.03 bits per heavy atom. The third-order valence-electron chi connectivity index (χ3n) is 5.91. The van der Waals surface area contributed by atoms with Crippen LogP contribution in [-0.2, 0) is 16.0 Å². The maximum Gasteiger partial charge on any atom is 0.265 e. The number of para-hydroxylation sites is 1. The van der Waals surface area contributed by atoms with E-state index < -0.39 is 0 Å². The van der Waals surface area contributed by atoms with Crippen molar-refractivity contribution in [2.24, 2.45) is 0 Å². The zero-order valence-corrected chi connectivity index (χ0v) is 20.8. The van der Waals surface area contributed by atoms with Gasteiger partial charge in [-0.15, -0.1) is 0 Å². The van der Waals surface area contributed by atoms with Crippen molar-refractivity contribution in [1.82, 2.24) is 0 Å². The Morgan fingerprint density at radius 3 is 2.61 bits per heavy atom. The van der Waals surface area contributed by atoms with Crippen molar-refractivity contribution in [3.63, 3.8) is 0 Å². The molecule has 0 bridgehead atoms. The summed E-state index contributed by atoms with van der Waals surface area (Å²) in [5.41, 5.74) is 3.29. The number of hydrogen-bond donors (Lipinski definition) is 1. The molecule has 4 rings (SSSR count). The minimum atomic E-state index is -0.137. The lowest BCUT2D eigenvalue weighted by molar-refractivity contribution is -0.121. The second-order valence-corrected chi connectivity index (χ2v) is 8.64. The molecule has 0 unspecified atom stereocenters. The number of ether oxygens (including phenoxy) is 3. The summed E-state index contributed by atoms with van der Waals surface area (Å²) in [6.45, 7) is 5.70. The van der Waals surface area contributed by atoms with Crippen molar-refractivity contribution in [1.29, 1.82) is 0 Å². The molecule has 0 aliphatic carbocycles. The number of hydrogen-bond acceptors (Lipinski definition) is 5. The van der Waals surface area contributed by atoms with E-state index in [1.807, 2.05) is 62.4 Å². The van der Waals surface area contributed by atoms with Crippen LogP contribution in [0.1, 0.15) is 30.9 Å². The van der Waals surface area contributed by atoms with Gasteiger partial charge in [0.25, 0.3) is 5.91 Å². The van der Waals surface area contributed by atoms with Crippen molar-refractivity contribution in [3.05, 3.63) is 77.9 Å². The number of carbonyl (C=O) groups excluding carboxylic acids is 2. The van der Waals surface area contributed by atoms with Crippen LogP contribution in [0.25, 0.3) is 0 Å². The molecule has 1 aliphatic rings. The Balaban J connectivity index is 1.33. The lowest BCUT2D eigenvalue weighted by Crippen LogP contribution is -2.39. The molecule has 7 nitrogen and oxygen atoms in total. The number of anilines is 2. The lowest BCUT2D eigenvalue weighted by Gasteiger charge is -2.30. The summed E-state index contributed by atoms with van der Waals surface area (Å²) >= 11 is 0. The number of unbranched alkanes of at least 4 members (excludes halogenated alkanes) is 1. The molecule has 0 saturated heterocycles. The van der Waals surface area contributed by atoms with Crippen molar-refractivity contribution < 1.29 is 23.8 Å². The van der Waals surface area contributed by atoms with E-state index in [4.69, 9.17) is 14.2 Å². The van der Waals surface area contributed by atoms with Crippen LogP contribution >= 0.6 is 0 Å². The van der Waals surface area contributed by atoms with Crippen molar-refractivity contribution in [2.75, 3.05) is 36.6 Å². The summed E-state index contributed by atoms with van der Waals surface area (Å²) in [7, 11) is 0. The van der Waals surface area contributed by atoms with Gasteiger partial charge in [-0.1, -0.05) is 30.3 Å². The number of amides is 2. The molecular formula is C29H32N2O5. The number of nitrogens with zero attached hydrogens (tertiary/aromatic N) is 1. The molecule has 3 aromatic carbocycles. The number of benzene rings is 3. The largest absolute Gasteiger partial charge is 0.494 e. The fraction of sp³-hybridized carbons (Fsp3) is 0.310. The highest BCUT2D eigenvalue weighted by molar-refractivity contribution is 5.99. The Bertz CT molecular complexity index is 1190.